The number of benzene rings is 2. The Balaban J connectivity index is 2.01. The first kappa shape index (κ1) is 17.4. The third kappa shape index (κ3) is 4.75. The summed E-state index contributed by atoms with van der Waals surface area (Å²) in [6.07, 6.45) is 3.29. The molecule has 23 heavy (non-hydrogen) atoms. The largest absolute Gasteiger partial charge is 0.497 e. The van der Waals surface area contributed by atoms with Crippen molar-refractivity contribution < 1.29 is 9.53 Å². The molecule has 0 radical (unpaired) electrons. The Morgan fingerprint density at radius 1 is 1.17 bits per heavy atom. The van der Waals surface area contributed by atoms with E-state index in [1.54, 1.807) is 31.2 Å². The Bertz CT molecular complexity index is 711. The molecule has 2 aromatic rings. The summed E-state index contributed by atoms with van der Waals surface area (Å²) in [5.41, 5.74) is 1.74. The van der Waals surface area contributed by atoms with Gasteiger partial charge in [0, 0.05) is 19.7 Å². The second kappa shape index (κ2) is 8.04. The van der Waals surface area contributed by atoms with Crippen molar-refractivity contribution in [3.63, 3.8) is 0 Å². The first-order valence-corrected chi connectivity index (χ1v) is 7.77. The summed E-state index contributed by atoms with van der Waals surface area (Å²) < 4.78 is 5.10. The van der Waals surface area contributed by atoms with E-state index in [0.29, 0.717) is 16.6 Å². The SMILES string of the molecule is COc1ccc(/C=C/C(=O)N(C)Cc2cccc(Cl)c2Cl)cc1. The second-order valence-electron chi connectivity index (χ2n) is 5.01. The molecular formula is C18H17Cl2NO2. The highest BCUT2D eigenvalue weighted by Gasteiger charge is 2.10. The molecule has 0 N–H and O–H groups in total. The van der Waals surface area contributed by atoms with Crippen LogP contribution in [0.15, 0.2) is 48.5 Å². The topological polar surface area (TPSA) is 29.5 Å². The third-order valence-electron chi connectivity index (χ3n) is 3.35. The number of likely N-dealkylation sites (N-methyl/N-ethyl adjacent to an activating group) is 1. The van der Waals surface area contributed by atoms with Crippen molar-refractivity contribution in [2.75, 3.05) is 14.2 Å². The normalized spacial score (nSPS) is 10.8. The molecule has 120 valence electrons. The lowest BCUT2D eigenvalue weighted by atomic mass is 10.2. The molecule has 0 spiro atoms. The molecule has 2 rings (SSSR count). The zero-order valence-electron chi connectivity index (χ0n) is 12.9. The summed E-state index contributed by atoms with van der Waals surface area (Å²) in [6, 6.07) is 12.9. The van der Waals surface area contributed by atoms with Gasteiger partial charge in [0.05, 0.1) is 17.2 Å². The second-order valence-corrected chi connectivity index (χ2v) is 5.80. The number of carbonyl (C=O) groups is 1. The lowest BCUT2D eigenvalue weighted by Gasteiger charge is -2.16. The van der Waals surface area contributed by atoms with Gasteiger partial charge in [0.25, 0.3) is 0 Å². The van der Waals surface area contributed by atoms with E-state index < -0.39 is 0 Å². The van der Waals surface area contributed by atoms with Crippen molar-refractivity contribution in [3.05, 3.63) is 69.7 Å². The summed E-state index contributed by atoms with van der Waals surface area (Å²) in [4.78, 5) is 13.8. The molecule has 0 aliphatic heterocycles. The van der Waals surface area contributed by atoms with Gasteiger partial charge in [0.2, 0.25) is 5.91 Å². The van der Waals surface area contributed by atoms with Crippen LogP contribution in [-0.4, -0.2) is 25.0 Å². The fourth-order valence-electron chi connectivity index (χ4n) is 2.01. The van der Waals surface area contributed by atoms with Crippen molar-refractivity contribution in [2.45, 2.75) is 6.54 Å². The maximum absolute atomic E-state index is 12.2. The lowest BCUT2D eigenvalue weighted by molar-refractivity contribution is -0.125. The first-order valence-electron chi connectivity index (χ1n) is 7.01. The molecule has 0 aliphatic carbocycles. The number of amides is 1. The number of nitrogens with zero attached hydrogens (tertiary/aromatic N) is 1. The van der Waals surface area contributed by atoms with Crippen LogP contribution < -0.4 is 4.74 Å². The van der Waals surface area contributed by atoms with Crippen LogP contribution in [-0.2, 0) is 11.3 Å². The minimum absolute atomic E-state index is 0.114. The predicted molar refractivity (Wildman–Crippen MR) is 95.0 cm³/mol. The van der Waals surface area contributed by atoms with Crippen molar-refractivity contribution in [1.29, 1.82) is 0 Å². The average Bonchev–Trinajstić information content (AvgIpc) is 2.57. The zero-order valence-corrected chi connectivity index (χ0v) is 14.4. The van der Waals surface area contributed by atoms with Gasteiger partial charge in [-0.2, -0.15) is 0 Å². The molecule has 0 saturated carbocycles. The molecule has 0 atom stereocenters. The van der Waals surface area contributed by atoms with Gasteiger partial charge in [-0.05, 0) is 35.4 Å². The fraction of sp³-hybridized carbons (Fsp3) is 0.167. The smallest absolute Gasteiger partial charge is 0.246 e. The highest BCUT2D eigenvalue weighted by atomic mass is 35.5. The summed E-state index contributed by atoms with van der Waals surface area (Å²) in [6.45, 7) is 0.394. The number of carbonyl (C=O) groups excluding carboxylic acids is 1. The van der Waals surface area contributed by atoms with E-state index in [4.69, 9.17) is 27.9 Å². The third-order valence-corrected chi connectivity index (χ3v) is 4.21. The van der Waals surface area contributed by atoms with Gasteiger partial charge < -0.3 is 9.64 Å². The average molecular weight is 350 g/mol. The van der Waals surface area contributed by atoms with Crippen molar-refractivity contribution in [2.24, 2.45) is 0 Å². The van der Waals surface area contributed by atoms with Crippen LogP contribution in [0.1, 0.15) is 11.1 Å². The molecule has 0 unspecified atom stereocenters. The van der Waals surface area contributed by atoms with E-state index in [1.807, 2.05) is 36.4 Å². The molecule has 0 aromatic heterocycles. The maximum atomic E-state index is 12.2. The summed E-state index contributed by atoms with van der Waals surface area (Å²) in [5, 5.41) is 0.965. The van der Waals surface area contributed by atoms with E-state index in [1.165, 1.54) is 6.08 Å². The Labute approximate surface area is 146 Å². The summed E-state index contributed by atoms with van der Waals surface area (Å²) >= 11 is 12.1. The van der Waals surface area contributed by atoms with E-state index in [9.17, 15) is 4.79 Å². The molecule has 5 heteroatoms. The van der Waals surface area contributed by atoms with Crippen LogP contribution in [0.4, 0.5) is 0 Å². The van der Waals surface area contributed by atoms with E-state index in [2.05, 4.69) is 0 Å². The molecule has 0 aliphatic rings. The van der Waals surface area contributed by atoms with Crippen LogP contribution >= 0.6 is 23.2 Å². The van der Waals surface area contributed by atoms with Gasteiger partial charge in [-0.25, -0.2) is 0 Å². The van der Waals surface area contributed by atoms with Crippen LogP contribution in [0.2, 0.25) is 10.0 Å². The Morgan fingerprint density at radius 3 is 2.52 bits per heavy atom. The number of methoxy groups -OCH3 is 1. The number of rotatable bonds is 5. The molecule has 0 bridgehead atoms. The number of hydrogen-bond acceptors (Lipinski definition) is 2. The number of ether oxygens (including phenoxy) is 1. The molecule has 2 aromatic carbocycles. The minimum Gasteiger partial charge on any atom is -0.497 e. The van der Waals surface area contributed by atoms with Crippen molar-refractivity contribution in [1.82, 2.24) is 4.90 Å². The molecule has 0 saturated heterocycles. The zero-order chi connectivity index (χ0) is 16.8. The fourth-order valence-corrected chi connectivity index (χ4v) is 2.39. The highest BCUT2D eigenvalue weighted by Crippen LogP contribution is 2.26. The van der Waals surface area contributed by atoms with Crippen molar-refractivity contribution >= 4 is 35.2 Å². The van der Waals surface area contributed by atoms with Gasteiger partial charge in [-0.15, -0.1) is 0 Å². The van der Waals surface area contributed by atoms with Crippen LogP contribution in [0.5, 0.6) is 5.75 Å². The van der Waals surface area contributed by atoms with E-state index >= 15 is 0 Å². The molecule has 1 amide bonds. The maximum Gasteiger partial charge on any atom is 0.246 e. The monoisotopic (exact) mass is 349 g/mol. The molecular weight excluding hydrogens is 333 g/mol. The lowest BCUT2D eigenvalue weighted by Crippen LogP contribution is -2.24. The quantitative estimate of drug-likeness (QED) is 0.733. The summed E-state index contributed by atoms with van der Waals surface area (Å²) in [5.74, 6) is 0.665. The Kier molecular flexibility index (Phi) is 6.08. The van der Waals surface area contributed by atoms with Gasteiger partial charge in [0.1, 0.15) is 5.75 Å². The van der Waals surface area contributed by atoms with Crippen LogP contribution in [0.3, 0.4) is 0 Å². The minimum atomic E-state index is -0.114. The Morgan fingerprint density at radius 2 is 1.87 bits per heavy atom. The van der Waals surface area contributed by atoms with Crippen LogP contribution in [0, 0.1) is 0 Å². The highest BCUT2D eigenvalue weighted by molar-refractivity contribution is 6.42. The van der Waals surface area contributed by atoms with Crippen molar-refractivity contribution in [3.8, 4) is 5.75 Å². The molecule has 3 nitrogen and oxygen atoms in total. The number of halogens is 2. The summed E-state index contributed by atoms with van der Waals surface area (Å²) in [7, 11) is 3.34. The van der Waals surface area contributed by atoms with Gasteiger partial charge in [-0.1, -0.05) is 47.5 Å². The standard InChI is InChI=1S/C18H17Cl2NO2/c1-21(12-14-4-3-5-16(19)18(14)20)17(22)11-8-13-6-9-15(23-2)10-7-13/h3-11H,12H2,1-2H3/b11-8+. The van der Waals surface area contributed by atoms with Gasteiger partial charge in [0.15, 0.2) is 0 Å². The first-order chi connectivity index (χ1) is 11.0. The van der Waals surface area contributed by atoms with E-state index in [0.717, 1.165) is 16.9 Å². The molecule has 0 fully saturated rings. The number of hydrogen-bond donors (Lipinski definition) is 0. The van der Waals surface area contributed by atoms with E-state index in [-0.39, 0.29) is 5.91 Å². The predicted octanol–water partition coefficient (Wildman–Crippen LogP) is 4.67. The van der Waals surface area contributed by atoms with Crippen LogP contribution in [0.25, 0.3) is 6.08 Å². The van der Waals surface area contributed by atoms with Gasteiger partial charge >= 0.3 is 0 Å². The Hall–Kier alpha value is -1.97. The van der Waals surface area contributed by atoms with Gasteiger partial charge in [-0.3, -0.25) is 4.79 Å². The molecule has 0 heterocycles.